The third-order valence-corrected chi connectivity index (χ3v) is 5.50. The molecule has 0 saturated heterocycles. The van der Waals surface area contributed by atoms with Gasteiger partial charge in [-0.2, -0.15) is 5.10 Å². The summed E-state index contributed by atoms with van der Waals surface area (Å²) in [5.74, 6) is 0.488. The normalized spacial score (nSPS) is 14.9. The van der Waals surface area contributed by atoms with Crippen molar-refractivity contribution >= 4 is 16.9 Å². The number of carbonyl (C=O) groups is 1. The second-order valence-electron chi connectivity index (χ2n) is 7.80. The molecule has 0 fully saturated rings. The average Bonchev–Trinajstić information content (AvgIpc) is 3.35. The van der Waals surface area contributed by atoms with Crippen molar-refractivity contribution in [1.82, 2.24) is 9.78 Å². The molecule has 5 rings (SSSR count). The molecule has 0 amide bonds. The third kappa shape index (κ3) is 4.23. The molecule has 0 saturated carbocycles. The van der Waals surface area contributed by atoms with Crippen LogP contribution in [0.25, 0.3) is 10.9 Å². The Labute approximate surface area is 179 Å². The van der Waals surface area contributed by atoms with Gasteiger partial charge < -0.3 is 14.6 Å². The van der Waals surface area contributed by atoms with Gasteiger partial charge in [0.2, 0.25) is 0 Å². The van der Waals surface area contributed by atoms with E-state index in [0.717, 1.165) is 28.6 Å². The first-order valence-electron chi connectivity index (χ1n) is 10.3. The average molecular weight is 414 g/mol. The number of rotatable bonds is 7. The molecular formula is C25H22N2O4. The second-order valence-corrected chi connectivity index (χ2v) is 7.80. The van der Waals surface area contributed by atoms with Crippen LogP contribution in [-0.4, -0.2) is 27.5 Å². The highest BCUT2D eigenvalue weighted by molar-refractivity contribution is 5.78. The molecule has 0 radical (unpaired) electrons. The number of fused-ring (bicyclic) bond motifs is 2. The van der Waals surface area contributed by atoms with Crippen molar-refractivity contribution in [1.29, 1.82) is 0 Å². The molecule has 0 spiro atoms. The number of carboxylic acid groups (broad SMARTS) is 1. The molecule has 1 atom stereocenters. The van der Waals surface area contributed by atoms with Gasteiger partial charge in [-0.3, -0.25) is 9.48 Å². The highest BCUT2D eigenvalue weighted by atomic mass is 16.5. The molecule has 0 aliphatic carbocycles. The van der Waals surface area contributed by atoms with Crippen LogP contribution in [0.1, 0.15) is 29.0 Å². The zero-order chi connectivity index (χ0) is 21.2. The Kier molecular flexibility index (Phi) is 5.04. The molecule has 156 valence electrons. The summed E-state index contributed by atoms with van der Waals surface area (Å²) < 4.78 is 13.6. The molecule has 1 unspecified atom stereocenters. The summed E-state index contributed by atoms with van der Waals surface area (Å²) in [7, 11) is 0. The molecule has 1 aliphatic heterocycles. The first kappa shape index (κ1) is 19.2. The van der Waals surface area contributed by atoms with Crippen LogP contribution in [0, 0.1) is 0 Å². The van der Waals surface area contributed by atoms with Gasteiger partial charge in [0.1, 0.15) is 18.1 Å². The summed E-state index contributed by atoms with van der Waals surface area (Å²) in [6.45, 7) is 1.55. The molecule has 31 heavy (non-hydrogen) atoms. The second kappa shape index (κ2) is 8.14. The van der Waals surface area contributed by atoms with Gasteiger partial charge in [0.15, 0.2) is 0 Å². The fraction of sp³-hybridized carbons (Fsp3) is 0.200. The van der Waals surface area contributed by atoms with Crippen molar-refractivity contribution in [3.05, 3.63) is 89.6 Å². The number of benzene rings is 3. The topological polar surface area (TPSA) is 73.6 Å². The van der Waals surface area contributed by atoms with E-state index in [2.05, 4.69) is 24.4 Å². The molecule has 6 nitrogen and oxygen atoms in total. The molecule has 0 bridgehead atoms. The maximum Gasteiger partial charge on any atom is 0.304 e. The van der Waals surface area contributed by atoms with E-state index < -0.39 is 5.97 Å². The minimum absolute atomic E-state index is 0.0735. The fourth-order valence-electron chi connectivity index (χ4n) is 3.95. The molecular weight excluding hydrogens is 392 g/mol. The molecule has 6 heteroatoms. The zero-order valence-electron chi connectivity index (χ0n) is 16.9. The maximum absolute atomic E-state index is 11.0. The lowest BCUT2D eigenvalue weighted by molar-refractivity contribution is -0.137. The Hall–Kier alpha value is -3.80. The van der Waals surface area contributed by atoms with Crippen molar-refractivity contribution in [2.45, 2.75) is 25.5 Å². The number of aromatic nitrogens is 2. The van der Waals surface area contributed by atoms with Crippen LogP contribution in [0.2, 0.25) is 0 Å². The Morgan fingerprint density at radius 3 is 2.81 bits per heavy atom. The van der Waals surface area contributed by atoms with E-state index in [-0.39, 0.29) is 12.3 Å². The van der Waals surface area contributed by atoms with Gasteiger partial charge in [-0.15, -0.1) is 0 Å². The SMILES string of the molecule is O=C(O)CC1COc2cc(OCc3ccc4cn(Cc5ccccc5)nc4c3)ccc21. The van der Waals surface area contributed by atoms with Crippen LogP contribution < -0.4 is 9.47 Å². The molecule has 1 N–H and O–H groups in total. The number of hydrogen-bond donors (Lipinski definition) is 1. The van der Waals surface area contributed by atoms with Crippen LogP contribution in [0.15, 0.2) is 72.9 Å². The summed E-state index contributed by atoms with van der Waals surface area (Å²) in [5.41, 5.74) is 4.11. The van der Waals surface area contributed by atoms with E-state index in [0.29, 0.717) is 24.7 Å². The van der Waals surface area contributed by atoms with Gasteiger partial charge in [-0.25, -0.2) is 0 Å². The zero-order valence-corrected chi connectivity index (χ0v) is 16.9. The van der Waals surface area contributed by atoms with E-state index in [4.69, 9.17) is 19.7 Å². The van der Waals surface area contributed by atoms with Crippen molar-refractivity contribution in [3.8, 4) is 11.5 Å². The maximum atomic E-state index is 11.0. The van der Waals surface area contributed by atoms with Crippen LogP contribution in [-0.2, 0) is 17.9 Å². The van der Waals surface area contributed by atoms with Gasteiger partial charge in [0, 0.05) is 29.1 Å². The number of ether oxygens (including phenoxy) is 2. The molecule has 3 aromatic carbocycles. The number of carboxylic acids is 1. The third-order valence-electron chi connectivity index (χ3n) is 5.50. The lowest BCUT2D eigenvalue weighted by Crippen LogP contribution is -2.07. The highest BCUT2D eigenvalue weighted by Gasteiger charge is 2.26. The number of nitrogens with zero attached hydrogens (tertiary/aromatic N) is 2. The van der Waals surface area contributed by atoms with Gasteiger partial charge in [0.25, 0.3) is 0 Å². The summed E-state index contributed by atoms with van der Waals surface area (Å²) in [6, 6.07) is 22.0. The smallest absolute Gasteiger partial charge is 0.304 e. The summed E-state index contributed by atoms with van der Waals surface area (Å²) >= 11 is 0. The minimum Gasteiger partial charge on any atom is -0.492 e. The lowest BCUT2D eigenvalue weighted by Gasteiger charge is -2.09. The summed E-state index contributed by atoms with van der Waals surface area (Å²) in [4.78, 5) is 11.0. The first-order chi connectivity index (χ1) is 15.1. The van der Waals surface area contributed by atoms with Gasteiger partial charge in [-0.05, 0) is 23.3 Å². The Morgan fingerprint density at radius 2 is 1.97 bits per heavy atom. The minimum atomic E-state index is -0.816. The standard InChI is InChI=1S/C25H22N2O4/c28-25(29)11-20-16-31-24-12-21(8-9-22(20)24)30-15-18-6-7-19-14-27(26-23(19)10-18)13-17-4-2-1-3-5-17/h1-10,12,14,20H,11,13,15-16H2,(H,28,29). The monoisotopic (exact) mass is 414 g/mol. The van der Waals surface area contributed by atoms with Crippen LogP contribution >= 0.6 is 0 Å². The molecule has 1 aliphatic rings. The fourth-order valence-corrected chi connectivity index (χ4v) is 3.95. The summed E-state index contributed by atoms with van der Waals surface area (Å²) in [6.07, 6.45) is 2.13. The Bertz CT molecular complexity index is 1230. The lowest BCUT2D eigenvalue weighted by atomic mass is 9.98. The predicted octanol–water partition coefficient (Wildman–Crippen LogP) is 4.61. The van der Waals surface area contributed by atoms with E-state index >= 15 is 0 Å². The van der Waals surface area contributed by atoms with E-state index in [1.807, 2.05) is 53.2 Å². The van der Waals surface area contributed by atoms with Gasteiger partial charge >= 0.3 is 5.97 Å². The van der Waals surface area contributed by atoms with Crippen LogP contribution in [0.3, 0.4) is 0 Å². The Morgan fingerprint density at radius 1 is 1.10 bits per heavy atom. The first-order valence-corrected chi connectivity index (χ1v) is 10.3. The summed E-state index contributed by atoms with van der Waals surface area (Å²) in [5, 5.41) is 14.8. The predicted molar refractivity (Wildman–Crippen MR) is 117 cm³/mol. The molecule has 2 heterocycles. The van der Waals surface area contributed by atoms with Crippen molar-refractivity contribution in [3.63, 3.8) is 0 Å². The largest absolute Gasteiger partial charge is 0.492 e. The van der Waals surface area contributed by atoms with E-state index in [1.165, 1.54) is 5.56 Å². The Balaban J connectivity index is 1.26. The van der Waals surface area contributed by atoms with Gasteiger partial charge in [0.05, 0.1) is 25.1 Å². The van der Waals surface area contributed by atoms with Crippen molar-refractivity contribution in [2.75, 3.05) is 6.61 Å². The van der Waals surface area contributed by atoms with Gasteiger partial charge in [-0.1, -0.05) is 48.5 Å². The van der Waals surface area contributed by atoms with E-state index in [9.17, 15) is 4.79 Å². The van der Waals surface area contributed by atoms with Crippen molar-refractivity contribution < 1.29 is 19.4 Å². The van der Waals surface area contributed by atoms with Crippen molar-refractivity contribution in [2.24, 2.45) is 0 Å². The van der Waals surface area contributed by atoms with E-state index in [1.54, 1.807) is 0 Å². The number of hydrogen-bond acceptors (Lipinski definition) is 4. The number of aliphatic carboxylic acids is 1. The molecule has 4 aromatic rings. The quantitative estimate of drug-likeness (QED) is 0.478. The molecule has 1 aromatic heterocycles. The van der Waals surface area contributed by atoms with Crippen LogP contribution in [0.4, 0.5) is 0 Å². The highest BCUT2D eigenvalue weighted by Crippen LogP contribution is 2.38. The van der Waals surface area contributed by atoms with Crippen LogP contribution in [0.5, 0.6) is 11.5 Å².